The maximum atomic E-state index is 10.1. The van der Waals surface area contributed by atoms with Crippen LogP contribution in [0.4, 0.5) is 11.9 Å². The number of aromatic nitrogens is 3. The summed E-state index contributed by atoms with van der Waals surface area (Å²) in [4.78, 5) is 14.8. The highest BCUT2D eigenvalue weighted by Crippen LogP contribution is 2.19. The van der Waals surface area contributed by atoms with Gasteiger partial charge in [-0.3, -0.25) is 0 Å². The molecule has 2 rings (SSSR count). The Morgan fingerprint density at radius 2 is 1.86 bits per heavy atom. The van der Waals surface area contributed by atoms with E-state index in [0.29, 0.717) is 18.4 Å². The molecule has 0 spiro atoms. The summed E-state index contributed by atoms with van der Waals surface area (Å²) < 4.78 is 0. The van der Waals surface area contributed by atoms with Crippen LogP contribution < -0.4 is 10.2 Å². The second-order valence-corrected chi connectivity index (χ2v) is 5.79. The Labute approximate surface area is 131 Å². The summed E-state index contributed by atoms with van der Waals surface area (Å²) in [6.45, 7) is 6.50. The second-order valence-electron chi connectivity index (χ2n) is 5.45. The van der Waals surface area contributed by atoms with Gasteiger partial charge in [0.05, 0.1) is 6.10 Å². The van der Waals surface area contributed by atoms with E-state index in [1.807, 2.05) is 0 Å². The van der Waals surface area contributed by atoms with Crippen molar-refractivity contribution < 1.29 is 5.11 Å². The van der Waals surface area contributed by atoms with Crippen LogP contribution in [0, 0.1) is 5.92 Å². The van der Waals surface area contributed by atoms with E-state index in [4.69, 9.17) is 11.6 Å². The third-order valence-corrected chi connectivity index (χ3v) is 4.22. The molecule has 0 bridgehead atoms. The van der Waals surface area contributed by atoms with Crippen molar-refractivity contribution in [3.05, 3.63) is 5.28 Å². The molecule has 2 N–H and O–H groups in total. The molecule has 1 fully saturated rings. The summed E-state index contributed by atoms with van der Waals surface area (Å²) in [6, 6.07) is 0. The molecule has 2 heterocycles. The molecule has 7 heteroatoms. The van der Waals surface area contributed by atoms with Crippen LogP contribution in [0.5, 0.6) is 0 Å². The summed E-state index contributed by atoms with van der Waals surface area (Å²) in [6.07, 6.45) is 3.80. The molecule has 21 heavy (non-hydrogen) atoms. The molecule has 1 aromatic rings. The van der Waals surface area contributed by atoms with Gasteiger partial charge in [-0.2, -0.15) is 15.0 Å². The Kier molecular flexibility index (Phi) is 5.99. The van der Waals surface area contributed by atoms with Gasteiger partial charge in [0, 0.05) is 19.6 Å². The number of nitrogens with zero attached hydrogens (tertiary/aromatic N) is 4. The van der Waals surface area contributed by atoms with Gasteiger partial charge in [0.1, 0.15) is 0 Å². The van der Waals surface area contributed by atoms with E-state index >= 15 is 0 Å². The molecule has 0 aliphatic carbocycles. The van der Waals surface area contributed by atoms with Gasteiger partial charge in [-0.1, -0.05) is 26.7 Å². The quantitative estimate of drug-likeness (QED) is 0.805. The average molecular weight is 314 g/mol. The molecule has 1 saturated heterocycles. The van der Waals surface area contributed by atoms with Crippen LogP contribution in [-0.2, 0) is 0 Å². The van der Waals surface area contributed by atoms with Crippen molar-refractivity contribution in [3.63, 3.8) is 0 Å². The van der Waals surface area contributed by atoms with Gasteiger partial charge in [0.2, 0.25) is 17.2 Å². The summed E-state index contributed by atoms with van der Waals surface area (Å²) in [5, 5.41) is 13.4. The number of hydrogen-bond donors (Lipinski definition) is 2. The first kappa shape index (κ1) is 16.2. The fourth-order valence-corrected chi connectivity index (χ4v) is 2.83. The highest BCUT2D eigenvalue weighted by Gasteiger charge is 2.18. The Bertz CT molecular complexity index is 449. The molecule has 0 amide bonds. The lowest BCUT2D eigenvalue weighted by molar-refractivity contribution is 0.114. The van der Waals surface area contributed by atoms with Gasteiger partial charge >= 0.3 is 0 Å². The molecule has 0 aromatic carbocycles. The van der Waals surface area contributed by atoms with Crippen LogP contribution in [-0.4, -0.2) is 45.8 Å². The third kappa shape index (κ3) is 4.41. The molecule has 1 aliphatic heterocycles. The van der Waals surface area contributed by atoms with E-state index in [1.165, 1.54) is 0 Å². The molecular weight excluding hydrogens is 290 g/mol. The largest absolute Gasteiger partial charge is 0.391 e. The van der Waals surface area contributed by atoms with Crippen molar-refractivity contribution in [3.8, 4) is 0 Å². The van der Waals surface area contributed by atoms with Crippen LogP contribution >= 0.6 is 11.6 Å². The average Bonchev–Trinajstić information content (AvgIpc) is 3.00. The first-order chi connectivity index (χ1) is 10.1. The van der Waals surface area contributed by atoms with Gasteiger partial charge in [-0.15, -0.1) is 0 Å². The van der Waals surface area contributed by atoms with Gasteiger partial charge in [-0.05, 0) is 30.4 Å². The Hall–Kier alpha value is -1.14. The molecule has 1 aliphatic rings. The Morgan fingerprint density at radius 1 is 1.19 bits per heavy atom. The first-order valence-corrected chi connectivity index (χ1v) is 8.10. The van der Waals surface area contributed by atoms with E-state index in [9.17, 15) is 5.11 Å². The molecule has 0 radical (unpaired) electrons. The van der Waals surface area contributed by atoms with Gasteiger partial charge in [0.25, 0.3) is 0 Å². The van der Waals surface area contributed by atoms with E-state index in [-0.39, 0.29) is 11.2 Å². The van der Waals surface area contributed by atoms with Gasteiger partial charge in [-0.25, -0.2) is 0 Å². The lowest BCUT2D eigenvalue weighted by Crippen LogP contribution is -2.29. The van der Waals surface area contributed by atoms with Crippen LogP contribution in [0.15, 0.2) is 0 Å². The van der Waals surface area contributed by atoms with Crippen molar-refractivity contribution in [1.82, 2.24) is 15.0 Å². The van der Waals surface area contributed by atoms with Crippen LogP contribution in [0.2, 0.25) is 5.28 Å². The maximum absolute atomic E-state index is 10.1. The number of rotatable bonds is 7. The normalized spacial score (nSPS) is 16.5. The first-order valence-electron chi connectivity index (χ1n) is 7.72. The minimum absolute atomic E-state index is 0.187. The second kappa shape index (κ2) is 7.75. The highest BCUT2D eigenvalue weighted by atomic mass is 35.5. The Balaban J connectivity index is 1.99. The van der Waals surface area contributed by atoms with E-state index in [1.54, 1.807) is 0 Å². The molecule has 1 aromatic heterocycles. The molecule has 1 unspecified atom stereocenters. The highest BCUT2D eigenvalue weighted by molar-refractivity contribution is 6.28. The molecular formula is C14H24ClN5O. The monoisotopic (exact) mass is 313 g/mol. The summed E-state index contributed by atoms with van der Waals surface area (Å²) in [5.74, 6) is 1.33. The predicted octanol–water partition coefficient (Wildman–Crippen LogP) is 2.33. The number of anilines is 2. The van der Waals surface area contributed by atoms with Crippen LogP contribution in [0.25, 0.3) is 0 Å². The topological polar surface area (TPSA) is 74.2 Å². The van der Waals surface area contributed by atoms with Crippen molar-refractivity contribution in [1.29, 1.82) is 0 Å². The molecule has 118 valence electrons. The van der Waals surface area contributed by atoms with E-state index < -0.39 is 6.10 Å². The Morgan fingerprint density at radius 3 is 2.48 bits per heavy atom. The zero-order valence-electron chi connectivity index (χ0n) is 12.7. The fraction of sp³-hybridized carbons (Fsp3) is 0.786. The fourth-order valence-electron chi connectivity index (χ4n) is 2.67. The number of nitrogens with one attached hydrogen (secondary N) is 1. The zero-order chi connectivity index (χ0) is 15.2. The molecule has 1 atom stereocenters. The number of aliphatic hydroxyl groups excluding tert-OH is 1. The third-order valence-electron chi connectivity index (χ3n) is 4.05. The molecule has 6 nitrogen and oxygen atoms in total. The summed E-state index contributed by atoms with van der Waals surface area (Å²) >= 11 is 5.97. The number of aliphatic hydroxyl groups is 1. The SMILES string of the molecule is CCC(CC)C(O)CNc1nc(Cl)nc(N2CCCC2)n1. The maximum Gasteiger partial charge on any atom is 0.231 e. The van der Waals surface area contributed by atoms with E-state index in [2.05, 4.69) is 39.0 Å². The molecule has 0 saturated carbocycles. The lowest BCUT2D eigenvalue weighted by atomic mass is 9.97. The van der Waals surface area contributed by atoms with Gasteiger partial charge < -0.3 is 15.3 Å². The van der Waals surface area contributed by atoms with Crippen LogP contribution in [0.1, 0.15) is 39.5 Å². The predicted molar refractivity (Wildman–Crippen MR) is 84.9 cm³/mol. The minimum Gasteiger partial charge on any atom is -0.391 e. The summed E-state index contributed by atoms with van der Waals surface area (Å²) in [5.41, 5.74) is 0. The van der Waals surface area contributed by atoms with Crippen molar-refractivity contribution in [2.75, 3.05) is 29.9 Å². The van der Waals surface area contributed by atoms with Crippen molar-refractivity contribution in [2.24, 2.45) is 5.92 Å². The lowest BCUT2D eigenvalue weighted by Gasteiger charge is -2.21. The zero-order valence-corrected chi connectivity index (χ0v) is 13.5. The smallest absolute Gasteiger partial charge is 0.231 e. The van der Waals surface area contributed by atoms with Gasteiger partial charge in [0.15, 0.2) is 0 Å². The van der Waals surface area contributed by atoms with E-state index in [0.717, 1.165) is 38.8 Å². The number of halogens is 1. The minimum atomic E-state index is -0.411. The van der Waals surface area contributed by atoms with Crippen LogP contribution in [0.3, 0.4) is 0 Å². The number of hydrogen-bond acceptors (Lipinski definition) is 6. The standard InChI is InChI=1S/C14H24ClN5O/c1-3-10(4-2)11(21)9-16-13-17-12(15)18-14(19-13)20-7-5-6-8-20/h10-11,21H,3-9H2,1-2H3,(H,16,17,18,19). The van der Waals surface area contributed by atoms with Crippen molar-refractivity contribution >= 4 is 23.5 Å². The summed E-state index contributed by atoms with van der Waals surface area (Å²) in [7, 11) is 0. The van der Waals surface area contributed by atoms with Crippen molar-refractivity contribution in [2.45, 2.75) is 45.6 Å².